The van der Waals surface area contributed by atoms with Crippen LogP contribution in [0, 0.1) is 5.92 Å². The Balaban J connectivity index is 1.57. The summed E-state index contributed by atoms with van der Waals surface area (Å²) in [6.45, 7) is 5.74. The van der Waals surface area contributed by atoms with E-state index < -0.39 is 0 Å². The second kappa shape index (κ2) is 4.11. The van der Waals surface area contributed by atoms with Crippen molar-refractivity contribution in [2.24, 2.45) is 11.7 Å². The number of benzene rings is 1. The minimum Gasteiger partial charge on any atom is -0.325 e. The first-order valence-corrected chi connectivity index (χ1v) is 6.75. The second-order valence-electron chi connectivity index (χ2n) is 5.88. The molecule has 92 valence electrons. The molecule has 1 aromatic rings. The average molecular weight is 230 g/mol. The third-order valence-corrected chi connectivity index (χ3v) is 4.61. The Morgan fingerprint density at radius 3 is 2.76 bits per heavy atom. The van der Waals surface area contributed by atoms with Gasteiger partial charge in [-0.3, -0.25) is 4.90 Å². The van der Waals surface area contributed by atoms with Gasteiger partial charge in [0.1, 0.15) is 0 Å². The van der Waals surface area contributed by atoms with Gasteiger partial charge in [0.25, 0.3) is 0 Å². The van der Waals surface area contributed by atoms with E-state index in [1.54, 1.807) is 0 Å². The zero-order valence-corrected chi connectivity index (χ0v) is 10.7. The molecule has 0 radical (unpaired) electrons. The SMILES string of the molecule is CC1CC1(N)CCN1CCc2ccccc2C1. The lowest BCUT2D eigenvalue weighted by molar-refractivity contribution is 0.240. The molecular formula is C15H22N2. The van der Waals surface area contributed by atoms with Crippen molar-refractivity contribution in [2.75, 3.05) is 13.1 Å². The Kier molecular flexibility index (Phi) is 2.72. The maximum atomic E-state index is 6.28. The number of rotatable bonds is 3. The van der Waals surface area contributed by atoms with E-state index in [1.165, 1.54) is 30.5 Å². The van der Waals surface area contributed by atoms with Gasteiger partial charge in [-0.05, 0) is 36.3 Å². The molecule has 0 bridgehead atoms. The van der Waals surface area contributed by atoms with Gasteiger partial charge in [0, 0.05) is 25.2 Å². The van der Waals surface area contributed by atoms with Crippen LogP contribution in [0.3, 0.4) is 0 Å². The molecule has 2 unspecified atom stereocenters. The highest BCUT2D eigenvalue weighted by atomic mass is 15.1. The molecule has 0 spiro atoms. The van der Waals surface area contributed by atoms with Crippen LogP contribution in [0.2, 0.25) is 0 Å². The van der Waals surface area contributed by atoms with Crippen LogP contribution in [0.1, 0.15) is 30.9 Å². The van der Waals surface area contributed by atoms with Gasteiger partial charge in [0.05, 0.1) is 0 Å². The normalized spacial score (nSPS) is 32.2. The van der Waals surface area contributed by atoms with Crippen LogP contribution < -0.4 is 5.73 Å². The zero-order valence-electron chi connectivity index (χ0n) is 10.7. The van der Waals surface area contributed by atoms with Crippen molar-refractivity contribution in [3.63, 3.8) is 0 Å². The fraction of sp³-hybridized carbons (Fsp3) is 0.600. The first-order valence-electron chi connectivity index (χ1n) is 6.75. The van der Waals surface area contributed by atoms with E-state index in [0.29, 0.717) is 0 Å². The first kappa shape index (κ1) is 11.2. The molecule has 0 aromatic heterocycles. The molecule has 0 amide bonds. The number of hydrogen-bond donors (Lipinski definition) is 1. The topological polar surface area (TPSA) is 29.3 Å². The van der Waals surface area contributed by atoms with Crippen molar-refractivity contribution in [3.05, 3.63) is 35.4 Å². The number of nitrogens with zero attached hydrogens (tertiary/aromatic N) is 1. The lowest BCUT2D eigenvalue weighted by Crippen LogP contribution is -2.36. The van der Waals surface area contributed by atoms with E-state index in [4.69, 9.17) is 5.73 Å². The predicted octanol–water partition coefficient (Wildman–Crippen LogP) is 2.17. The van der Waals surface area contributed by atoms with Crippen LogP contribution in [0.25, 0.3) is 0 Å². The molecule has 0 saturated heterocycles. The van der Waals surface area contributed by atoms with E-state index in [9.17, 15) is 0 Å². The lowest BCUT2D eigenvalue weighted by atomic mass is 9.99. The van der Waals surface area contributed by atoms with E-state index in [0.717, 1.165) is 25.4 Å². The molecule has 1 fully saturated rings. The highest BCUT2D eigenvalue weighted by molar-refractivity contribution is 5.29. The third-order valence-electron chi connectivity index (χ3n) is 4.61. The van der Waals surface area contributed by atoms with Crippen molar-refractivity contribution < 1.29 is 0 Å². The van der Waals surface area contributed by atoms with Gasteiger partial charge in [-0.15, -0.1) is 0 Å². The minimum absolute atomic E-state index is 0.164. The zero-order chi connectivity index (χ0) is 11.9. The number of nitrogens with two attached hydrogens (primary N) is 1. The molecule has 2 atom stereocenters. The summed E-state index contributed by atoms with van der Waals surface area (Å²) in [6, 6.07) is 8.82. The molecule has 1 aromatic carbocycles. The van der Waals surface area contributed by atoms with Crippen LogP contribution >= 0.6 is 0 Å². The fourth-order valence-corrected chi connectivity index (χ4v) is 2.97. The van der Waals surface area contributed by atoms with Crippen molar-refractivity contribution >= 4 is 0 Å². The Morgan fingerprint density at radius 1 is 1.35 bits per heavy atom. The second-order valence-corrected chi connectivity index (χ2v) is 5.88. The predicted molar refractivity (Wildman–Crippen MR) is 70.7 cm³/mol. The maximum Gasteiger partial charge on any atom is 0.0236 e. The molecule has 2 nitrogen and oxygen atoms in total. The Morgan fingerprint density at radius 2 is 2.06 bits per heavy atom. The summed E-state index contributed by atoms with van der Waals surface area (Å²) in [5, 5.41) is 0. The van der Waals surface area contributed by atoms with E-state index in [-0.39, 0.29) is 5.54 Å². The summed E-state index contributed by atoms with van der Waals surface area (Å²) in [5.41, 5.74) is 9.48. The third kappa shape index (κ3) is 2.24. The fourth-order valence-electron chi connectivity index (χ4n) is 2.97. The molecule has 1 aliphatic carbocycles. The first-order chi connectivity index (χ1) is 8.17. The number of hydrogen-bond acceptors (Lipinski definition) is 2. The summed E-state index contributed by atoms with van der Waals surface area (Å²) in [5.74, 6) is 0.736. The summed E-state index contributed by atoms with van der Waals surface area (Å²) in [7, 11) is 0. The molecular weight excluding hydrogens is 208 g/mol. The van der Waals surface area contributed by atoms with Gasteiger partial charge >= 0.3 is 0 Å². The lowest BCUT2D eigenvalue weighted by Gasteiger charge is -2.29. The summed E-state index contributed by atoms with van der Waals surface area (Å²) >= 11 is 0. The van der Waals surface area contributed by atoms with Gasteiger partial charge in [-0.2, -0.15) is 0 Å². The summed E-state index contributed by atoms with van der Waals surface area (Å²) < 4.78 is 0. The summed E-state index contributed by atoms with van der Waals surface area (Å²) in [4.78, 5) is 2.56. The Labute approximate surface area is 104 Å². The van der Waals surface area contributed by atoms with Crippen LogP contribution in [-0.4, -0.2) is 23.5 Å². The van der Waals surface area contributed by atoms with Gasteiger partial charge in [-0.1, -0.05) is 31.2 Å². The average Bonchev–Trinajstić information content (AvgIpc) is 2.95. The molecule has 2 N–H and O–H groups in total. The van der Waals surface area contributed by atoms with E-state index in [1.807, 2.05) is 0 Å². The highest BCUT2D eigenvalue weighted by Gasteiger charge is 2.46. The van der Waals surface area contributed by atoms with Crippen molar-refractivity contribution in [3.8, 4) is 0 Å². The van der Waals surface area contributed by atoms with Crippen LogP contribution in [0.4, 0.5) is 0 Å². The maximum absolute atomic E-state index is 6.28. The monoisotopic (exact) mass is 230 g/mol. The Bertz CT molecular complexity index is 415. The van der Waals surface area contributed by atoms with Gasteiger partial charge < -0.3 is 5.73 Å². The van der Waals surface area contributed by atoms with E-state index >= 15 is 0 Å². The molecule has 3 rings (SSSR count). The summed E-state index contributed by atoms with van der Waals surface area (Å²) in [6.07, 6.45) is 3.58. The molecule has 2 aliphatic rings. The molecule has 17 heavy (non-hydrogen) atoms. The van der Waals surface area contributed by atoms with Crippen LogP contribution in [-0.2, 0) is 13.0 Å². The minimum atomic E-state index is 0.164. The van der Waals surface area contributed by atoms with Gasteiger partial charge in [0.2, 0.25) is 0 Å². The van der Waals surface area contributed by atoms with Crippen LogP contribution in [0.15, 0.2) is 24.3 Å². The van der Waals surface area contributed by atoms with E-state index in [2.05, 4.69) is 36.1 Å². The molecule has 1 saturated carbocycles. The van der Waals surface area contributed by atoms with Gasteiger partial charge in [-0.25, -0.2) is 0 Å². The van der Waals surface area contributed by atoms with Crippen molar-refractivity contribution in [1.82, 2.24) is 4.90 Å². The smallest absolute Gasteiger partial charge is 0.0236 e. The number of fused-ring (bicyclic) bond motifs is 1. The van der Waals surface area contributed by atoms with Crippen molar-refractivity contribution in [2.45, 2.75) is 38.3 Å². The standard InChI is InChI=1S/C15H22N2/c1-12-10-15(12,16)7-9-17-8-6-13-4-2-3-5-14(13)11-17/h2-5,12H,6-11,16H2,1H3. The highest BCUT2D eigenvalue weighted by Crippen LogP contribution is 2.43. The largest absolute Gasteiger partial charge is 0.325 e. The molecule has 1 heterocycles. The molecule has 1 aliphatic heterocycles. The Hall–Kier alpha value is -0.860. The quantitative estimate of drug-likeness (QED) is 0.862. The van der Waals surface area contributed by atoms with Gasteiger partial charge in [0.15, 0.2) is 0 Å². The molecule has 2 heteroatoms. The van der Waals surface area contributed by atoms with Crippen molar-refractivity contribution in [1.29, 1.82) is 0 Å². The van der Waals surface area contributed by atoms with Crippen LogP contribution in [0.5, 0.6) is 0 Å².